The molecule has 3 aromatic rings. The van der Waals surface area contributed by atoms with Crippen molar-refractivity contribution in [3.05, 3.63) is 89.5 Å². The first-order valence-corrected chi connectivity index (χ1v) is 12.0. The summed E-state index contributed by atoms with van der Waals surface area (Å²) in [6.45, 7) is 1.06. The minimum Gasteiger partial charge on any atom is -0.487 e. The van der Waals surface area contributed by atoms with E-state index in [2.05, 4.69) is 18.2 Å². The Balaban J connectivity index is 1.36. The number of hydrogen-bond acceptors (Lipinski definition) is 4. The lowest BCUT2D eigenvalue weighted by atomic mass is 9.98. The maximum atomic E-state index is 12.8. The van der Waals surface area contributed by atoms with Gasteiger partial charge < -0.3 is 14.4 Å². The molecule has 0 spiro atoms. The molecule has 0 aromatic heterocycles. The molecule has 1 amide bonds. The number of carbonyl (C=O) groups excluding carboxylic acids is 1. The van der Waals surface area contributed by atoms with Gasteiger partial charge in [-0.05, 0) is 67.1 Å². The average molecular weight is 453 g/mol. The Kier molecular flexibility index (Phi) is 6.49. The summed E-state index contributed by atoms with van der Waals surface area (Å²) in [7, 11) is 0. The fourth-order valence-corrected chi connectivity index (χ4v) is 4.83. The molecule has 5 heteroatoms. The molecular formula is C29H28N2O3. The lowest BCUT2D eigenvalue weighted by Crippen LogP contribution is -2.24. The molecule has 1 saturated heterocycles. The van der Waals surface area contributed by atoms with Gasteiger partial charge in [-0.3, -0.25) is 4.79 Å². The molecular weight excluding hydrogens is 424 g/mol. The zero-order valence-corrected chi connectivity index (χ0v) is 19.2. The summed E-state index contributed by atoms with van der Waals surface area (Å²) in [4.78, 5) is 14.6. The van der Waals surface area contributed by atoms with Crippen LogP contribution in [0.15, 0.2) is 72.8 Å². The monoisotopic (exact) mass is 452 g/mol. The van der Waals surface area contributed by atoms with Gasteiger partial charge in [0, 0.05) is 24.6 Å². The Hall–Kier alpha value is -3.78. The van der Waals surface area contributed by atoms with Gasteiger partial charge in [0.05, 0.1) is 17.7 Å². The van der Waals surface area contributed by atoms with Gasteiger partial charge in [-0.2, -0.15) is 5.26 Å². The third kappa shape index (κ3) is 4.92. The number of benzene rings is 3. The lowest BCUT2D eigenvalue weighted by Gasteiger charge is -2.20. The van der Waals surface area contributed by atoms with Crippen molar-refractivity contribution in [1.82, 2.24) is 0 Å². The maximum Gasteiger partial charge on any atom is 0.227 e. The first-order valence-electron chi connectivity index (χ1n) is 12.0. The van der Waals surface area contributed by atoms with Gasteiger partial charge >= 0.3 is 0 Å². The van der Waals surface area contributed by atoms with Crippen molar-refractivity contribution in [2.75, 3.05) is 11.4 Å². The number of hydrogen-bond donors (Lipinski definition) is 0. The number of nitrogens with zero attached hydrogens (tertiary/aromatic N) is 2. The highest BCUT2D eigenvalue weighted by atomic mass is 16.5. The second kappa shape index (κ2) is 10.0. The second-order valence-corrected chi connectivity index (χ2v) is 9.07. The van der Waals surface area contributed by atoms with Crippen molar-refractivity contribution >= 4 is 11.6 Å². The van der Waals surface area contributed by atoms with E-state index in [-0.39, 0.29) is 17.9 Å². The van der Waals surface area contributed by atoms with Crippen LogP contribution >= 0.6 is 0 Å². The normalized spacial score (nSPS) is 18.1. The molecule has 0 radical (unpaired) electrons. The number of amides is 1. The van der Waals surface area contributed by atoms with Crippen LogP contribution in [0.2, 0.25) is 0 Å². The molecule has 5 rings (SSSR count). The van der Waals surface area contributed by atoms with E-state index >= 15 is 0 Å². The van der Waals surface area contributed by atoms with Crippen LogP contribution in [0.5, 0.6) is 11.5 Å². The molecule has 1 aliphatic heterocycles. The fourth-order valence-electron chi connectivity index (χ4n) is 4.83. The Morgan fingerprint density at radius 3 is 2.56 bits per heavy atom. The minimum atomic E-state index is 0.0624. The van der Waals surface area contributed by atoms with Crippen LogP contribution in [0, 0.1) is 11.3 Å². The Morgan fingerprint density at radius 2 is 1.76 bits per heavy atom. The van der Waals surface area contributed by atoms with Crippen LogP contribution in [-0.4, -0.2) is 18.6 Å². The SMILES string of the molecule is N#Cc1cccc(N2CC(c3ccc(OCc4ccccc4)c(OC4CCCC4)c3)CC2=O)c1. The number of ether oxygens (including phenoxy) is 2. The molecule has 1 heterocycles. The summed E-state index contributed by atoms with van der Waals surface area (Å²) in [5.74, 6) is 1.63. The first-order chi connectivity index (χ1) is 16.7. The Bertz CT molecular complexity index is 1200. The van der Waals surface area contributed by atoms with E-state index in [0.29, 0.717) is 25.1 Å². The van der Waals surface area contributed by atoms with E-state index in [9.17, 15) is 10.1 Å². The predicted octanol–water partition coefficient (Wildman–Crippen LogP) is 5.98. The molecule has 1 aliphatic carbocycles. The van der Waals surface area contributed by atoms with Gasteiger partial charge in [-0.25, -0.2) is 0 Å². The van der Waals surface area contributed by atoms with E-state index in [4.69, 9.17) is 9.47 Å². The molecule has 2 aliphatic rings. The fraction of sp³-hybridized carbons (Fsp3) is 0.310. The lowest BCUT2D eigenvalue weighted by molar-refractivity contribution is -0.117. The summed E-state index contributed by atoms with van der Waals surface area (Å²) in [5, 5.41) is 9.21. The smallest absolute Gasteiger partial charge is 0.227 e. The number of nitriles is 1. The summed E-state index contributed by atoms with van der Waals surface area (Å²) in [6.07, 6.45) is 5.16. The van der Waals surface area contributed by atoms with Crippen LogP contribution in [0.25, 0.3) is 0 Å². The predicted molar refractivity (Wildman–Crippen MR) is 131 cm³/mol. The molecule has 1 atom stereocenters. The zero-order valence-electron chi connectivity index (χ0n) is 19.2. The van der Waals surface area contributed by atoms with E-state index in [1.165, 1.54) is 12.8 Å². The van der Waals surface area contributed by atoms with Crippen LogP contribution in [0.4, 0.5) is 5.69 Å². The number of anilines is 1. The van der Waals surface area contributed by atoms with Crippen molar-refractivity contribution in [1.29, 1.82) is 5.26 Å². The standard InChI is InChI=1S/C29H28N2O3/c30-18-22-9-6-10-25(15-22)31-19-24(17-29(31)32)23-13-14-27(33-20-21-7-2-1-3-8-21)28(16-23)34-26-11-4-5-12-26/h1-3,6-10,13-16,24,26H,4-5,11-12,17,19-20H2. The van der Waals surface area contributed by atoms with Gasteiger partial charge in [0.25, 0.3) is 0 Å². The minimum absolute atomic E-state index is 0.0624. The molecule has 1 saturated carbocycles. The topological polar surface area (TPSA) is 62.6 Å². The van der Waals surface area contributed by atoms with Crippen molar-refractivity contribution in [2.24, 2.45) is 0 Å². The molecule has 3 aromatic carbocycles. The third-order valence-electron chi connectivity index (χ3n) is 6.68. The van der Waals surface area contributed by atoms with Crippen LogP contribution in [0.3, 0.4) is 0 Å². The van der Waals surface area contributed by atoms with Gasteiger partial charge in [-0.1, -0.05) is 42.5 Å². The van der Waals surface area contributed by atoms with E-state index in [1.54, 1.807) is 17.0 Å². The first kappa shape index (κ1) is 22.0. The summed E-state index contributed by atoms with van der Waals surface area (Å²) in [5.41, 5.74) is 3.51. The molecule has 5 nitrogen and oxygen atoms in total. The van der Waals surface area contributed by atoms with E-state index in [1.807, 2.05) is 48.5 Å². The second-order valence-electron chi connectivity index (χ2n) is 9.07. The van der Waals surface area contributed by atoms with Crippen LogP contribution in [0.1, 0.15) is 54.7 Å². The summed E-state index contributed by atoms with van der Waals surface area (Å²) in [6, 6.07) is 25.6. The highest BCUT2D eigenvalue weighted by Gasteiger charge is 2.32. The average Bonchev–Trinajstić information content (AvgIpc) is 3.53. The van der Waals surface area contributed by atoms with Crippen LogP contribution in [-0.2, 0) is 11.4 Å². The number of carbonyl (C=O) groups is 1. The molecule has 0 bridgehead atoms. The highest BCUT2D eigenvalue weighted by Crippen LogP contribution is 2.38. The Morgan fingerprint density at radius 1 is 0.941 bits per heavy atom. The van der Waals surface area contributed by atoms with Crippen molar-refractivity contribution in [2.45, 2.75) is 50.7 Å². The van der Waals surface area contributed by atoms with E-state index < -0.39 is 0 Å². The van der Waals surface area contributed by atoms with Crippen LogP contribution < -0.4 is 14.4 Å². The van der Waals surface area contributed by atoms with Gasteiger partial charge in [0.15, 0.2) is 11.5 Å². The zero-order chi connectivity index (χ0) is 23.3. The molecule has 172 valence electrons. The van der Waals surface area contributed by atoms with Gasteiger partial charge in [-0.15, -0.1) is 0 Å². The van der Waals surface area contributed by atoms with Crippen molar-refractivity contribution < 1.29 is 14.3 Å². The quantitative estimate of drug-likeness (QED) is 0.442. The van der Waals surface area contributed by atoms with Gasteiger partial charge in [0.2, 0.25) is 5.91 Å². The van der Waals surface area contributed by atoms with Crippen molar-refractivity contribution in [3.63, 3.8) is 0 Å². The molecule has 2 fully saturated rings. The largest absolute Gasteiger partial charge is 0.487 e. The maximum absolute atomic E-state index is 12.8. The summed E-state index contributed by atoms with van der Waals surface area (Å²) >= 11 is 0. The van der Waals surface area contributed by atoms with Crippen molar-refractivity contribution in [3.8, 4) is 17.6 Å². The summed E-state index contributed by atoms with van der Waals surface area (Å²) < 4.78 is 12.6. The third-order valence-corrected chi connectivity index (χ3v) is 6.68. The molecule has 0 N–H and O–H groups in total. The highest BCUT2D eigenvalue weighted by molar-refractivity contribution is 5.96. The van der Waals surface area contributed by atoms with E-state index in [0.717, 1.165) is 41.2 Å². The Labute approximate surface area is 200 Å². The number of rotatable bonds is 7. The molecule has 1 unspecified atom stereocenters. The molecule has 34 heavy (non-hydrogen) atoms. The van der Waals surface area contributed by atoms with Gasteiger partial charge in [0.1, 0.15) is 6.61 Å².